The fourth-order valence-corrected chi connectivity index (χ4v) is 5.33. The number of rotatable bonds is 7. The molecule has 4 heterocycles. The topological polar surface area (TPSA) is 78.9 Å². The van der Waals surface area contributed by atoms with Gasteiger partial charge in [0.15, 0.2) is 16.8 Å². The summed E-state index contributed by atoms with van der Waals surface area (Å²) in [5.74, 6) is 2.05. The highest BCUT2D eigenvalue weighted by atomic mass is 32.2. The van der Waals surface area contributed by atoms with Crippen LogP contribution >= 0.6 is 23.1 Å². The third-order valence-corrected chi connectivity index (χ3v) is 7.05. The number of aromatic nitrogens is 5. The van der Waals surface area contributed by atoms with E-state index in [1.54, 1.807) is 23.1 Å². The Labute approximate surface area is 182 Å². The lowest BCUT2D eigenvalue weighted by atomic mass is 10.1. The van der Waals surface area contributed by atoms with E-state index in [0.29, 0.717) is 11.7 Å². The Bertz CT molecular complexity index is 1090. The number of nitrogens with zero attached hydrogens (tertiary/aromatic N) is 5. The van der Waals surface area contributed by atoms with Crippen molar-refractivity contribution in [2.45, 2.75) is 42.8 Å². The van der Waals surface area contributed by atoms with E-state index in [2.05, 4.69) is 48.5 Å². The van der Waals surface area contributed by atoms with Gasteiger partial charge in [-0.1, -0.05) is 53.3 Å². The molecule has 0 saturated carbocycles. The van der Waals surface area contributed by atoms with Crippen molar-refractivity contribution in [3.05, 3.63) is 65.1 Å². The van der Waals surface area contributed by atoms with E-state index in [0.717, 1.165) is 47.4 Å². The molecule has 0 unspecified atom stereocenters. The van der Waals surface area contributed by atoms with Gasteiger partial charge in [-0.15, -0.1) is 21.5 Å². The van der Waals surface area contributed by atoms with Crippen molar-refractivity contribution in [2.24, 2.45) is 0 Å². The lowest BCUT2D eigenvalue weighted by Gasteiger charge is -2.17. The van der Waals surface area contributed by atoms with E-state index in [4.69, 9.17) is 9.26 Å². The average Bonchev–Trinajstić information content (AvgIpc) is 3.56. The molecule has 9 heteroatoms. The van der Waals surface area contributed by atoms with Crippen molar-refractivity contribution in [1.82, 2.24) is 24.9 Å². The van der Waals surface area contributed by atoms with E-state index < -0.39 is 0 Å². The zero-order valence-electron chi connectivity index (χ0n) is 16.5. The van der Waals surface area contributed by atoms with Gasteiger partial charge in [0.25, 0.3) is 0 Å². The molecular weight excluding hydrogens is 418 g/mol. The maximum atomic E-state index is 5.91. The van der Waals surface area contributed by atoms with Crippen LogP contribution < -0.4 is 0 Å². The van der Waals surface area contributed by atoms with E-state index in [-0.39, 0.29) is 11.4 Å². The second-order valence-electron chi connectivity index (χ2n) is 7.12. The first-order chi connectivity index (χ1) is 14.8. The normalized spacial score (nSPS) is 17.4. The summed E-state index contributed by atoms with van der Waals surface area (Å²) in [6.07, 6.45) is 2.33. The standard InChI is InChI=1S/C21H21N5O2S2/c1-14-22-20(28-25-14)18(15-7-3-2-4-8-15)30-21-24-23-19(17-10-6-12-29-17)26(21)13-16-9-5-11-27-16/h2-4,6-8,10,12,16,18H,5,9,11,13H2,1H3/t16-,18-/m0/s1. The molecule has 1 aromatic carbocycles. The molecule has 1 aliphatic heterocycles. The molecule has 5 rings (SSSR count). The van der Waals surface area contributed by atoms with Gasteiger partial charge >= 0.3 is 0 Å². The van der Waals surface area contributed by atoms with Gasteiger partial charge in [0, 0.05) is 6.61 Å². The van der Waals surface area contributed by atoms with Gasteiger partial charge in [-0.25, -0.2) is 0 Å². The molecule has 0 amide bonds. The lowest BCUT2D eigenvalue weighted by molar-refractivity contribution is 0.0953. The van der Waals surface area contributed by atoms with E-state index in [9.17, 15) is 0 Å². The quantitative estimate of drug-likeness (QED) is 0.384. The third-order valence-electron chi connectivity index (χ3n) is 4.96. The minimum absolute atomic E-state index is 0.170. The number of thioether (sulfide) groups is 1. The summed E-state index contributed by atoms with van der Waals surface area (Å²) in [6, 6.07) is 14.3. The number of hydrogen-bond acceptors (Lipinski definition) is 8. The molecule has 3 aromatic heterocycles. The molecule has 0 aliphatic carbocycles. The second-order valence-corrected chi connectivity index (χ2v) is 9.14. The molecular formula is C21H21N5O2S2. The molecule has 0 N–H and O–H groups in total. The number of hydrogen-bond donors (Lipinski definition) is 0. The Balaban J connectivity index is 1.53. The first-order valence-corrected chi connectivity index (χ1v) is 11.6. The van der Waals surface area contributed by atoms with Crippen LogP contribution in [0.1, 0.15) is 35.4 Å². The highest BCUT2D eigenvalue weighted by Crippen LogP contribution is 2.40. The van der Waals surface area contributed by atoms with Gasteiger partial charge in [-0.05, 0) is 36.8 Å². The van der Waals surface area contributed by atoms with Crippen molar-refractivity contribution in [3.8, 4) is 10.7 Å². The monoisotopic (exact) mass is 439 g/mol. The summed E-state index contributed by atoms with van der Waals surface area (Å²) >= 11 is 3.24. The molecule has 30 heavy (non-hydrogen) atoms. The van der Waals surface area contributed by atoms with Crippen molar-refractivity contribution in [3.63, 3.8) is 0 Å². The molecule has 154 valence electrons. The summed E-state index contributed by atoms with van der Waals surface area (Å²) < 4.78 is 13.6. The summed E-state index contributed by atoms with van der Waals surface area (Å²) in [4.78, 5) is 5.59. The Kier molecular flexibility index (Phi) is 5.65. The van der Waals surface area contributed by atoms with Crippen LogP contribution in [0, 0.1) is 6.92 Å². The maximum Gasteiger partial charge on any atom is 0.244 e. The van der Waals surface area contributed by atoms with Crippen LogP contribution in [0.2, 0.25) is 0 Å². The zero-order valence-corrected chi connectivity index (χ0v) is 18.1. The van der Waals surface area contributed by atoms with Crippen LogP contribution in [0.4, 0.5) is 0 Å². The number of ether oxygens (including phenoxy) is 1. The van der Waals surface area contributed by atoms with E-state index in [1.807, 2.05) is 31.2 Å². The molecule has 1 fully saturated rings. The summed E-state index contributed by atoms with van der Waals surface area (Å²) in [7, 11) is 0. The van der Waals surface area contributed by atoms with Crippen molar-refractivity contribution in [2.75, 3.05) is 6.61 Å². The second kappa shape index (κ2) is 8.71. The first-order valence-electron chi connectivity index (χ1n) is 9.88. The van der Waals surface area contributed by atoms with Crippen LogP contribution in [0.5, 0.6) is 0 Å². The molecule has 0 bridgehead atoms. The highest BCUT2D eigenvalue weighted by Gasteiger charge is 2.28. The maximum absolute atomic E-state index is 5.91. The van der Waals surface area contributed by atoms with Crippen molar-refractivity contribution in [1.29, 1.82) is 0 Å². The van der Waals surface area contributed by atoms with Crippen LogP contribution in [0.25, 0.3) is 10.7 Å². The molecule has 0 spiro atoms. The van der Waals surface area contributed by atoms with Crippen molar-refractivity contribution >= 4 is 23.1 Å². The Morgan fingerprint density at radius 1 is 1.20 bits per heavy atom. The Morgan fingerprint density at radius 2 is 2.10 bits per heavy atom. The van der Waals surface area contributed by atoms with Gasteiger partial charge in [0.1, 0.15) is 5.25 Å². The third kappa shape index (κ3) is 4.05. The van der Waals surface area contributed by atoms with Crippen LogP contribution in [0.3, 0.4) is 0 Å². The van der Waals surface area contributed by atoms with Crippen LogP contribution in [-0.2, 0) is 11.3 Å². The number of thiophene rings is 1. The predicted octanol–water partition coefficient (Wildman–Crippen LogP) is 4.76. The molecule has 0 radical (unpaired) electrons. The van der Waals surface area contributed by atoms with Gasteiger partial charge in [0.2, 0.25) is 5.89 Å². The number of aryl methyl sites for hydroxylation is 1. The highest BCUT2D eigenvalue weighted by molar-refractivity contribution is 7.99. The van der Waals surface area contributed by atoms with Gasteiger partial charge in [-0.3, -0.25) is 4.57 Å². The fraction of sp³-hybridized carbons (Fsp3) is 0.333. The predicted molar refractivity (Wildman–Crippen MR) is 115 cm³/mol. The van der Waals surface area contributed by atoms with Crippen LogP contribution in [0.15, 0.2) is 57.5 Å². The number of benzene rings is 1. The van der Waals surface area contributed by atoms with Gasteiger partial charge in [-0.2, -0.15) is 4.98 Å². The lowest BCUT2D eigenvalue weighted by Crippen LogP contribution is -2.17. The van der Waals surface area contributed by atoms with E-state index in [1.165, 1.54) is 0 Å². The summed E-state index contributed by atoms with van der Waals surface area (Å²) in [5, 5.41) is 15.8. The fourth-order valence-electron chi connectivity index (χ4n) is 3.53. The molecule has 1 saturated heterocycles. The largest absolute Gasteiger partial charge is 0.376 e. The average molecular weight is 440 g/mol. The molecule has 1 aliphatic rings. The molecule has 7 nitrogen and oxygen atoms in total. The SMILES string of the molecule is Cc1noc([C@@H](Sc2nnc(-c3cccs3)n2C[C@@H]2CCCO2)c2ccccc2)n1. The minimum Gasteiger partial charge on any atom is -0.376 e. The molecule has 2 atom stereocenters. The Morgan fingerprint density at radius 3 is 2.80 bits per heavy atom. The smallest absolute Gasteiger partial charge is 0.244 e. The van der Waals surface area contributed by atoms with Gasteiger partial charge < -0.3 is 9.26 Å². The van der Waals surface area contributed by atoms with Crippen LogP contribution in [-0.4, -0.2) is 37.6 Å². The van der Waals surface area contributed by atoms with Crippen molar-refractivity contribution < 1.29 is 9.26 Å². The minimum atomic E-state index is -0.170. The Hall–Kier alpha value is -2.49. The molecule has 4 aromatic rings. The summed E-state index contributed by atoms with van der Waals surface area (Å²) in [6.45, 7) is 3.37. The zero-order chi connectivity index (χ0) is 20.3. The summed E-state index contributed by atoms with van der Waals surface area (Å²) in [5.41, 5.74) is 1.08. The first kappa shape index (κ1) is 19.5. The van der Waals surface area contributed by atoms with Gasteiger partial charge in [0.05, 0.1) is 17.5 Å². The van der Waals surface area contributed by atoms with E-state index >= 15 is 0 Å².